The van der Waals surface area contributed by atoms with Gasteiger partial charge in [-0.1, -0.05) is 12.1 Å². The average molecular weight is 339 g/mol. The number of benzene rings is 1. The summed E-state index contributed by atoms with van der Waals surface area (Å²) in [6.45, 7) is 8.24. The Morgan fingerprint density at radius 3 is 2.30 bits per heavy atom. The molecule has 1 saturated carbocycles. The van der Waals surface area contributed by atoms with Crippen LogP contribution in [0.2, 0.25) is 0 Å². The fourth-order valence-electron chi connectivity index (χ4n) is 2.14. The van der Waals surface area contributed by atoms with E-state index in [-0.39, 0.29) is 18.3 Å². The maximum absolute atomic E-state index is 6.10. The molecule has 0 bridgehead atoms. The highest BCUT2D eigenvalue weighted by atomic mass is 79.9. The van der Waals surface area contributed by atoms with Crippen molar-refractivity contribution < 1.29 is 14.0 Å². The van der Waals surface area contributed by atoms with E-state index < -0.39 is 0 Å². The van der Waals surface area contributed by atoms with Crippen LogP contribution in [0.3, 0.4) is 0 Å². The van der Waals surface area contributed by atoms with Gasteiger partial charge in [-0.15, -0.1) is 0 Å². The van der Waals surface area contributed by atoms with Crippen molar-refractivity contribution in [2.45, 2.75) is 57.8 Å². The molecular formula is C15H20BBrO3. The Kier molecular flexibility index (Phi) is 3.43. The van der Waals surface area contributed by atoms with Crippen LogP contribution in [-0.2, 0) is 9.31 Å². The minimum atomic E-state index is -0.364. The number of hydrogen-bond donors (Lipinski definition) is 0. The lowest BCUT2D eigenvalue weighted by molar-refractivity contribution is 0.00578. The van der Waals surface area contributed by atoms with Crippen LogP contribution in [0.15, 0.2) is 22.7 Å². The minimum absolute atomic E-state index is 0.329. The van der Waals surface area contributed by atoms with Crippen LogP contribution in [0, 0.1) is 0 Å². The van der Waals surface area contributed by atoms with Crippen LogP contribution >= 0.6 is 15.9 Å². The molecule has 0 unspecified atom stereocenters. The van der Waals surface area contributed by atoms with Gasteiger partial charge in [0.05, 0.1) is 21.8 Å². The largest absolute Gasteiger partial charge is 0.496 e. The molecule has 108 valence electrons. The average Bonchev–Trinajstić information content (AvgIpc) is 3.10. The van der Waals surface area contributed by atoms with E-state index in [0.29, 0.717) is 6.10 Å². The monoisotopic (exact) mass is 338 g/mol. The zero-order valence-electron chi connectivity index (χ0n) is 12.4. The predicted octanol–water partition coefficient (Wildman–Crippen LogP) is 3.29. The van der Waals surface area contributed by atoms with E-state index in [1.165, 1.54) is 0 Å². The highest BCUT2D eigenvalue weighted by Gasteiger charge is 2.52. The molecule has 0 atom stereocenters. The molecule has 1 aromatic rings. The summed E-state index contributed by atoms with van der Waals surface area (Å²) < 4.78 is 19.0. The maximum atomic E-state index is 6.10. The quantitative estimate of drug-likeness (QED) is 0.791. The van der Waals surface area contributed by atoms with Crippen LogP contribution in [0.5, 0.6) is 5.75 Å². The molecule has 1 aromatic carbocycles. The van der Waals surface area contributed by atoms with E-state index in [1.807, 2.05) is 18.2 Å². The Morgan fingerprint density at radius 1 is 1.15 bits per heavy atom. The Bertz CT molecular complexity index is 510. The van der Waals surface area contributed by atoms with Crippen molar-refractivity contribution in [1.82, 2.24) is 0 Å². The molecular weight excluding hydrogens is 319 g/mol. The Labute approximate surface area is 129 Å². The molecule has 2 aliphatic rings. The van der Waals surface area contributed by atoms with Gasteiger partial charge in [-0.2, -0.15) is 0 Å². The van der Waals surface area contributed by atoms with Gasteiger partial charge in [-0.25, -0.2) is 0 Å². The first-order chi connectivity index (χ1) is 9.30. The van der Waals surface area contributed by atoms with Crippen molar-refractivity contribution in [1.29, 1.82) is 0 Å². The van der Waals surface area contributed by atoms with Crippen LogP contribution < -0.4 is 10.2 Å². The summed E-state index contributed by atoms with van der Waals surface area (Å²) in [5.74, 6) is 0.875. The first kappa shape index (κ1) is 14.4. The van der Waals surface area contributed by atoms with Crippen LogP contribution in [0.4, 0.5) is 0 Å². The molecule has 20 heavy (non-hydrogen) atoms. The first-order valence-electron chi connectivity index (χ1n) is 7.11. The lowest BCUT2D eigenvalue weighted by atomic mass is 9.79. The van der Waals surface area contributed by atoms with E-state index in [0.717, 1.165) is 28.5 Å². The third kappa shape index (κ3) is 2.51. The van der Waals surface area contributed by atoms with Gasteiger partial charge in [0.2, 0.25) is 0 Å². The smallest absolute Gasteiger partial charge is 0.489 e. The number of halogens is 1. The molecule has 1 aliphatic carbocycles. The highest BCUT2D eigenvalue weighted by Crippen LogP contribution is 2.38. The van der Waals surface area contributed by atoms with Gasteiger partial charge in [-0.05, 0) is 62.5 Å². The third-order valence-corrected chi connectivity index (χ3v) is 5.17. The second kappa shape index (κ2) is 4.75. The van der Waals surface area contributed by atoms with Crippen LogP contribution in [0.1, 0.15) is 40.5 Å². The zero-order valence-corrected chi connectivity index (χ0v) is 14.0. The third-order valence-electron chi connectivity index (χ3n) is 4.32. The summed E-state index contributed by atoms with van der Waals surface area (Å²) in [4.78, 5) is 0. The molecule has 2 fully saturated rings. The van der Waals surface area contributed by atoms with Gasteiger partial charge in [0.1, 0.15) is 5.75 Å². The molecule has 0 spiro atoms. The van der Waals surface area contributed by atoms with Crippen LogP contribution in [-0.4, -0.2) is 24.4 Å². The fraction of sp³-hybridized carbons (Fsp3) is 0.600. The summed E-state index contributed by atoms with van der Waals surface area (Å²) >= 11 is 3.64. The highest BCUT2D eigenvalue weighted by molar-refractivity contribution is 9.10. The van der Waals surface area contributed by atoms with Gasteiger partial charge in [0, 0.05) is 5.46 Å². The fourth-order valence-corrected chi connectivity index (χ4v) is 2.68. The van der Waals surface area contributed by atoms with Crippen LogP contribution in [0.25, 0.3) is 0 Å². The van der Waals surface area contributed by atoms with Gasteiger partial charge < -0.3 is 14.0 Å². The summed E-state index contributed by atoms with van der Waals surface area (Å²) in [7, 11) is -0.364. The second-order valence-electron chi connectivity index (χ2n) is 6.56. The van der Waals surface area contributed by atoms with Gasteiger partial charge in [0.25, 0.3) is 0 Å². The van der Waals surface area contributed by atoms with Gasteiger partial charge in [0.15, 0.2) is 0 Å². The van der Waals surface area contributed by atoms with E-state index >= 15 is 0 Å². The Balaban J connectivity index is 1.87. The SMILES string of the molecule is CC1(C)OB(c2cccc(OC3CC3)c2Br)OC1(C)C. The Hall–Kier alpha value is -0.515. The molecule has 0 amide bonds. The van der Waals surface area contributed by atoms with Crippen molar-refractivity contribution in [3.63, 3.8) is 0 Å². The van der Waals surface area contributed by atoms with E-state index in [2.05, 4.69) is 43.6 Å². The van der Waals surface area contributed by atoms with Crippen molar-refractivity contribution in [3.8, 4) is 5.75 Å². The lowest BCUT2D eigenvalue weighted by Crippen LogP contribution is -2.41. The number of ether oxygens (including phenoxy) is 1. The van der Waals surface area contributed by atoms with Crippen molar-refractivity contribution in [2.24, 2.45) is 0 Å². The maximum Gasteiger partial charge on any atom is 0.496 e. The number of rotatable bonds is 3. The van der Waals surface area contributed by atoms with E-state index in [1.54, 1.807) is 0 Å². The van der Waals surface area contributed by atoms with Crippen molar-refractivity contribution >= 4 is 28.5 Å². The lowest BCUT2D eigenvalue weighted by Gasteiger charge is -2.32. The van der Waals surface area contributed by atoms with Gasteiger partial charge >= 0.3 is 7.12 Å². The van der Waals surface area contributed by atoms with Crippen molar-refractivity contribution in [3.05, 3.63) is 22.7 Å². The molecule has 0 radical (unpaired) electrons. The molecule has 3 nitrogen and oxygen atoms in total. The molecule has 1 saturated heterocycles. The normalized spacial score (nSPS) is 23.9. The van der Waals surface area contributed by atoms with E-state index in [4.69, 9.17) is 14.0 Å². The molecule has 0 N–H and O–H groups in total. The van der Waals surface area contributed by atoms with Gasteiger partial charge in [-0.3, -0.25) is 0 Å². The number of hydrogen-bond acceptors (Lipinski definition) is 3. The van der Waals surface area contributed by atoms with E-state index in [9.17, 15) is 0 Å². The standard InChI is InChI=1S/C15H20BBrO3/c1-14(2)15(3,4)20-16(19-14)11-6-5-7-12(13(11)17)18-10-8-9-10/h5-7,10H,8-9H2,1-4H3. The molecule has 1 aliphatic heterocycles. The molecule has 5 heteroatoms. The topological polar surface area (TPSA) is 27.7 Å². The summed E-state index contributed by atoms with van der Waals surface area (Å²) in [6, 6.07) is 5.99. The summed E-state index contributed by atoms with van der Waals surface area (Å²) in [5.41, 5.74) is 0.330. The summed E-state index contributed by atoms with van der Waals surface area (Å²) in [5, 5.41) is 0. The summed E-state index contributed by atoms with van der Waals surface area (Å²) in [6.07, 6.45) is 2.67. The predicted molar refractivity (Wildman–Crippen MR) is 83.5 cm³/mol. The zero-order chi connectivity index (χ0) is 14.5. The minimum Gasteiger partial charge on any atom is -0.489 e. The molecule has 0 aromatic heterocycles. The second-order valence-corrected chi connectivity index (χ2v) is 7.36. The van der Waals surface area contributed by atoms with Crippen molar-refractivity contribution in [2.75, 3.05) is 0 Å². The molecule has 1 heterocycles. The molecule has 3 rings (SSSR count). The Morgan fingerprint density at radius 2 is 1.75 bits per heavy atom. The first-order valence-corrected chi connectivity index (χ1v) is 7.90.